The van der Waals surface area contributed by atoms with Gasteiger partial charge in [-0.3, -0.25) is 9.69 Å². The highest BCUT2D eigenvalue weighted by atomic mass is 16.2. The molecule has 0 saturated carbocycles. The Morgan fingerprint density at radius 3 is 2.60 bits per heavy atom. The molecule has 0 aromatic heterocycles. The molecule has 20 heavy (non-hydrogen) atoms. The van der Waals surface area contributed by atoms with Crippen LogP contribution in [0.2, 0.25) is 0 Å². The fourth-order valence-corrected chi connectivity index (χ4v) is 2.90. The second-order valence-corrected chi connectivity index (χ2v) is 5.61. The molecule has 4 nitrogen and oxygen atoms in total. The molecule has 1 aromatic rings. The number of likely N-dealkylation sites (tertiary alicyclic amines) is 1. The van der Waals surface area contributed by atoms with Crippen molar-refractivity contribution in [3.8, 4) is 0 Å². The third kappa shape index (κ3) is 3.38. The average molecular weight is 275 g/mol. The average Bonchev–Trinajstić information content (AvgIpc) is 2.96. The number of amides is 1. The van der Waals surface area contributed by atoms with Gasteiger partial charge in [-0.15, -0.1) is 0 Å². The van der Waals surface area contributed by atoms with Crippen LogP contribution in [0.15, 0.2) is 24.3 Å². The molecule has 2 rings (SSSR count). The van der Waals surface area contributed by atoms with Crippen LogP contribution in [0.5, 0.6) is 0 Å². The molecule has 1 aliphatic heterocycles. The van der Waals surface area contributed by atoms with Gasteiger partial charge in [0.05, 0.1) is 6.54 Å². The van der Waals surface area contributed by atoms with Crippen molar-refractivity contribution in [1.29, 1.82) is 0 Å². The van der Waals surface area contributed by atoms with Gasteiger partial charge < -0.3 is 10.6 Å². The number of benzene rings is 1. The molecule has 0 bridgehead atoms. The van der Waals surface area contributed by atoms with E-state index in [1.807, 2.05) is 24.1 Å². The van der Waals surface area contributed by atoms with Crippen molar-refractivity contribution in [2.75, 3.05) is 33.2 Å². The Morgan fingerprint density at radius 2 is 2.00 bits per heavy atom. The lowest BCUT2D eigenvalue weighted by molar-refractivity contribution is -0.131. The highest BCUT2D eigenvalue weighted by Gasteiger charge is 2.23. The van der Waals surface area contributed by atoms with Gasteiger partial charge in [-0.1, -0.05) is 24.3 Å². The Bertz CT molecular complexity index is 455. The van der Waals surface area contributed by atoms with Crippen LogP contribution < -0.4 is 5.73 Å². The number of carbonyl (C=O) groups excluding carboxylic acids is 1. The van der Waals surface area contributed by atoms with E-state index in [-0.39, 0.29) is 11.9 Å². The third-order valence-electron chi connectivity index (χ3n) is 4.15. The van der Waals surface area contributed by atoms with Crippen LogP contribution in [-0.4, -0.2) is 48.9 Å². The van der Waals surface area contributed by atoms with E-state index in [0.717, 1.165) is 25.9 Å². The maximum atomic E-state index is 12.2. The first-order valence-corrected chi connectivity index (χ1v) is 7.37. The maximum Gasteiger partial charge on any atom is 0.236 e. The fraction of sp³-hybridized carbons (Fsp3) is 0.562. The number of likely N-dealkylation sites (N-methyl/N-ethyl adjacent to an activating group) is 1. The number of nitrogens with zero attached hydrogens (tertiary/aromatic N) is 2. The summed E-state index contributed by atoms with van der Waals surface area (Å²) in [5, 5.41) is 0. The molecule has 1 heterocycles. The van der Waals surface area contributed by atoms with Gasteiger partial charge in [-0.2, -0.15) is 0 Å². The summed E-state index contributed by atoms with van der Waals surface area (Å²) in [5.74, 6) is 0.219. The van der Waals surface area contributed by atoms with Crippen LogP contribution in [0, 0.1) is 6.92 Å². The van der Waals surface area contributed by atoms with E-state index >= 15 is 0 Å². The largest absolute Gasteiger partial charge is 0.342 e. The first-order valence-electron chi connectivity index (χ1n) is 7.37. The monoisotopic (exact) mass is 275 g/mol. The summed E-state index contributed by atoms with van der Waals surface area (Å²) < 4.78 is 0. The lowest BCUT2D eigenvalue weighted by atomic mass is 10.0. The van der Waals surface area contributed by atoms with Crippen molar-refractivity contribution >= 4 is 5.91 Å². The van der Waals surface area contributed by atoms with Crippen LogP contribution >= 0.6 is 0 Å². The van der Waals surface area contributed by atoms with E-state index in [9.17, 15) is 4.79 Å². The molecule has 0 spiro atoms. The van der Waals surface area contributed by atoms with Crippen molar-refractivity contribution in [2.45, 2.75) is 25.8 Å². The first kappa shape index (κ1) is 15.0. The minimum absolute atomic E-state index is 0.0998. The summed E-state index contributed by atoms with van der Waals surface area (Å²) in [4.78, 5) is 16.3. The second kappa shape index (κ2) is 6.86. The minimum atomic E-state index is 0.0998. The molecule has 0 radical (unpaired) electrons. The van der Waals surface area contributed by atoms with Gasteiger partial charge in [0.25, 0.3) is 0 Å². The zero-order chi connectivity index (χ0) is 14.5. The standard InChI is InChI=1S/C16H25N3O/c1-13-7-3-4-8-14(13)15(11-17)18(2)12-16(20)19-9-5-6-10-19/h3-4,7-8,15H,5-6,9-12,17H2,1-2H3. The molecule has 1 saturated heterocycles. The zero-order valence-electron chi connectivity index (χ0n) is 12.5. The summed E-state index contributed by atoms with van der Waals surface area (Å²) in [7, 11) is 1.98. The van der Waals surface area contributed by atoms with Crippen molar-refractivity contribution in [1.82, 2.24) is 9.80 Å². The molecule has 1 fully saturated rings. The third-order valence-corrected chi connectivity index (χ3v) is 4.15. The zero-order valence-corrected chi connectivity index (χ0v) is 12.5. The number of rotatable bonds is 5. The quantitative estimate of drug-likeness (QED) is 0.887. The van der Waals surface area contributed by atoms with Gasteiger partial charge >= 0.3 is 0 Å². The number of aryl methyl sites for hydroxylation is 1. The Kier molecular flexibility index (Phi) is 5.15. The Morgan fingerprint density at radius 1 is 1.35 bits per heavy atom. The normalized spacial score (nSPS) is 16.7. The van der Waals surface area contributed by atoms with Gasteiger partial charge in [0.1, 0.15) is 0 Å². The highest BCUT2D eigenvalue weighted by Crippen LogP contribution is 2.22. The lowest BCUT2D eigenvalue weighted by Gasteiger charge is -2.29. The van der Waals surface area contributed by atoms with Crippen LogP contribution in [0.1, 0.15) is 30.0 Å². The Balaban J connectivity index is 2.03. The summed E-state index contributed by atoms with van der Waals surface area (Å²) >= 11 is 0. The molecule has 4 heteroatoms. The second-order valence-electron chi connectivity index (χ2n) is 5.61. The van der Waals surface area contributed by atoms with E-state index in [1.54, 1.807) is 0 Å². The molecule has 1 aliphatic rings. The first-order chi connectivity index (χ1) is 9.63. The SMILES string of the molecule is Cc1ccccc1C(CN)N(C)CC(=O)N1CCCC1. The summed E-state index contributed by atoms with van der Waals surface area (Å²) in [6.45, 7) is 4.87. The molecule has 1 unspecified atom stereocenters. The van der Waals surface area contributed by atoms with Crippen LogP contribution in [0.25, 0.3) is 0 Å². The molecule has 1 atom stereocenters. The van der Waals surface area contributed by atoms with Crippen molar-refractivity contribution < 1.29 is 4.79 Å². The van der Waals surface area contributed by atoms with Gasteiger partial charge in [-0.25, -0.2) is 0 Å². The number of carbonyl (C=O) groups is 1. The highest BCUT2D eigenvalue weighted by molar-refractivity contribution is 5.78. The van der Waals surface area contributed by atoms with E-state index in [0.29, 0.717) is 13.1 Å². The van der Waals surface area contributed by atoms with Crippen molar-refractivity contribution in [3.63, 3.8) is 0 Å². The predicted octanol–water partition coefficient (Wildman–Crippen LogP) is 1.55. The summed E-state index contributed by atoms with van der Waals surface area (Å²) in [5.41, 5.74) is 8.38. The van der Waals surface area contributed by atoms with Crippen LogP contribution in [0.4, 0.5) is 0 Å². The van der Waals surface area contributed by atoms with Gasteiger partial charge in [-0.05, 0) is 37.9 Å². The Hall–Kier alpha value is -1.39. The van der Waals surface area contributed by atoms with E-state index in [1.165, 1.54) is 11.1 Å². The summed E-state index contributed by atoms with van der Waals surface area (Å²) in [6, 6.07) is 8.35. The minimum Gasteiger partial charge on any atom is -0.342 e. The molecule has 2 N–H and O–H groups in total. The van der Waals surface area contributed by atoms with Gasteiger partial charge in [0.15, 0.2) is 0 Å². The number of nitrogens with two attached hydrogens (primary N) is 1. The molecule has 1 aromatic carbocycles. The smallest absolute Gasteiger partial charge is 0.236 e. The number of hydrogen-bond donors (Lipinski definition) is 1. The van der Waals surface area contributed by atoms with E-state index in [4.69, 9.17) is 5.73 Å². The maximum absolute atomic E-state index is 12.2. The van der Waals surface area contributed by atoms with Crippen LogP contribution in [-0.2, 0) is 4.79 Å². The molecule has 0 aliphatic carbocycles. The molecular weight excluding hydrogens is 250 g/mol. The van der Waals surface area contributed by atoms with Crippen molar-refractivity contribution in [3.05, 3.63) is 35.4 Å². The fourth-order valence-electron chi connectivity index (χ4n) is 2.90. The topological polar surface area (TPSA) is 49.6 Å². The lowest BCUT2D eigenvalue weighted by Crippen LogP contribution is -2.40. The van der Waals surface area contributed by atoms with Gasteiger partial charge in [0.2, 0.25) is 5.91 Å². The van der Waals surface area contributed by atoms with Gasteiger partial charge in [0, 0.05) is 25.7 Å². The van der Waals surface area contributed by atoms with Crippen molar-refractivity contribution in [2.24, 2.45) is 5.73 Å². The number of hydrogen-bond acceptors (Lipinski definition) is 3. The molecule has 110 valence electrons. The Labute approximate surface area is 121 Å². The summed E-state index contributed by atoms with van der Waals surface area (Å²) in [6.07, 6.45) is 2.27. The predicted molar refractivity (Wildman–Crippen MR) is 81.4 cm³/mol. The molecule has 1 amide bonds. The van der Waals surface area contributed by atoms with Crippen LogP contribution in [0.3, 0.4) is 0 Å². The van der Waals surface area contributed by atoms with E-state index < -0.39 is 0 Å². The molecular formula is C16H25N3O. The van der Waals surface area contributed by atoms with E-state index in [2.05, 4.69) is 24.0 Å².